The molecule has 2 unspecified atom stereocenters. The summed E-state index contributed by atoms with van der Waals surface area (Å²) >= 11 is 1.44. The van der Waals surface area contributed by atoms with Crippen molar-refractivity contribution in [3.8, 4) is 17.0 Å². The van der Waals surface area contributed by atoms with Crippen LogP contribution in [0.25, 0.3) is 11.3 Å². The highest BCUT2D eigenvalue weighted by Gasteiger charge is 2.47. The van der Waals surface area contributed by atoms with Gasteiger partial charge in [-0.05, 0) is 91.9 Å². The Balaban J connectivity index is 0.741. The Labute approximate surface area is 363 Å². The Morgan fingerprint density at radius 3 is 2.47 bits per heavy atom. The minimum Gasteiger partial charge on any atom is -0.492 e. The molecule has 2 fully saturated rings. The number of amides is 4. The molecule has 2 atom stereocenters. The topological polar surface area (TPSA) is 158 Å². The molecule has 5 aromatic rings. The first-order chi connectivity index (χ1) is 30.0. The quantitative estimate of drug-likeness (QED) is 0.118. The number of benzene rings is 4. The van der Waals surface area contributed by atoms with Crippen molar-refractivity contribution in [2.24, 2.45) is 11.8 Å². The molecular formula is C48H46N6O7S. The fourth-order valence-electron chi connectivity index (χ4n) is 9.05. The number of rotatable bonds is 11. The summed E-state index contributed by atoms with van der Waals surface area (Å²) in [5.41, 5.74) is 7.82. The number of aromatic nitrogens is 1. The van der Waals surface area contributed by atoms with E-state index in [0.717, 1.165) is 76.8 Å². The number of ketones is 2. The van der Waals surface area contributed by atoms with Crippen molar-refractivity contribution in [1.29, 1.82) is 0 Å². The number of imide groups is 1. The zero-order valence-electron chi connectivity index (χ0n) is 34.6. The van der Waals surface area contributed by atoms with Gasteiger partial charge in [0, 0.05) is 84.2 Å². The average Bonchev–Trinajstić information content (AvgIpc) is 3.93. The predicted molar refractivity (Wildman–Crippen MR) is 236 cm³/mol. The number of piperazine rings is 1. The predicted octanol–water partition coefficient (Wildman–Crippen LogP) is 6.06. The fourth-order valence-corrected chi connectivity index (χ4v) is 9.90. The molecular weight excluding hydrogens is 805 g/mol. The Bertz CT molecular complexity index is 2650. The summed E-state index contributed by atoms with van der Waals surface area (Å²) in [5, 5.41) is 5.79. The number of ether oxygens (including phenoxy) is 1. The van der Waals surface area contributed by atoms with Crippen LogP contribution in [0.5, 0.6) is 5.75 Å². The number of nitrogens with zero attached hydrogens (tertiary/aromatic N) is 4. The second kappa shape index (κ2) is 17.1. The Hall–Kier alpha value is -6.51. The Morgan fingerprint density at radius 2 is 1.66 bits per heavy atom. The highest BCUT2D eigenvalue weighted by Crippen LogP contribution is 2.38. The molecule has 4 aromatic carbocycles. The zero-order chi connectivity index (χ0) is 43.1. The van der Waals surface area contributed by atoms with Crippen molar-refractivity contribution < 1.29 is 33.5 Å². The Kier molecular flexibility index (Phi) is 11.3. The van der Waals surface area contributed by atoms with Gasteiger partial charge in [0.1, 0.15) is 12.4 Å². The maximum Gasteiger partial charge on any atom is 0.258 e. The van der Waals surface area contributed by atoms with Crippen LogP contribution in [0.4, 0.5) is 16.5 Å². The number of aryl methyl sites for hydroxylation is 2. The van der Waals surface area contributed by atoms with Crippen molar-refractivity contribution in [3.05, 3.63) is 123 Å². The van der Waals surface area contributed by atoms with Crippen LogP contribution in [0.3, 0.4) is 0 Å². The number of anilines is 3. The number of Topliss-reactive ketones (excluding diaryl/α,β-unsaturated/α-hetero) is 2. The van der Waals surface area contributed by atoms with E-state index in [1.807, 2.05) is 85.5 Å². The van der Waals surface area contributed by atoms with E-state index >= 15 is 0 Å². The van der Waals surface area contributed by atoms with E-state index in [1.54, 1.807) is 12.1 Å². The highest BCUT2D eigenvalue weighted by molar-refractivity contribution is 7.16. The monoisotopic (exact) mass is 850 g/mol. The normalized spacial score (nSPS) is 18.7. The van der Waals surface area contributed by atoms with Gasteiger partial charge in [-0.1, -0.05) is 36.4 Å². The van der Waals surface area contributed by atoms with Crippen LogP contribution >= 0.6 is 11.3 Å². The third-order valence-electron chi connectivity index (χ3n) is 12.4. The molecule has 4 aliphatic rings. The fraction of sp³-hybridized carbons (Fsp3) is 0.312. The van der Waals surface area contributed by atoms with Crippen molar-refractivity contribution in [1.82, 2.24) is 15.2 Å². The number of hydrogen-bond acceptors (Lipinski definition) is 11. The summed E-state index contributed by atoms with van der Waals surface area (Å²) in [7, 11) is 0. The standard InChI is InChI=1S/C48H46N6O7S/c1-28-6-3-4-9-35(28)47(60)54-17-16-31-26-32(10-14-39(31)54)43-29(2)62-48(51-43)50-41(56)25-30-7-5-8-34(24-30)61-23-22-52-18-20-53(21-19-52)33-11-12-36-38(27-33)45(58)42(44(36)57)37-13-15-40(55)49-46(37)59/h3-12,14,24,26-27,37,42H,13,15-23,25H2,1-2H3,(H,49,55,59)(H,50,51,56). The highest BCUT2D eigenvalue weighted by atomic mass is 32.1. The molecule has 316 valence electrons. The molecule has 0 spiro atoms. The minimum atomic E-state index is -1.08. The van der Waals surface area contributed by atoms with Crippen LogP contribution in [0.2, 0.25) is 0 Å². The molecule has 0 bridgehead atoms. The summed E-state index contributed by atoms with van der Waals surface area (Å²) in [6.07, 6.45) is 1.24. The van der Waals surface area contributed by atoms with Crippen LogP contribution < -0.4 is 25.2 Å². The first kappa shape index (κ1) is 40.9. The van der Waals surface area contributed by atoms with E-state index in [0.29, 0.717) is 47.3 Å². The number of fused-ring (bicyclic) bond motifs is 2. The minimum absolute atomic E-state index is 0.00846. The molecule has 1 aromatic heterocycles. The number of carbonyl (C=O) groups excluding carboxylic acids is 6. The number of carbonyl (C=O) groups is 6. The van der Waals surface area contributed by atoms with Gasteiger partial charge in [0.2, 0.25) is 17.7 Å². The lowest BCUT2D eigenvalue weighted by Gasteiger charge is -2.36. The van der Waals surface area contributed by atoms with Crippen molar-refractivity contribution in [3.63, 3.8) is 0 Å². The van der Waals surface area contributed by atoms with Gasteiger partial charge in [-0.25, -0.2) is 4.98 Å². The van der Waals surface area contributed by atoms with Crippen molar-refractivity contribution >= 4 is 63.0 Å². The van der Waals surface area contributed by atoms with Crippen LogP contribution in [0.1, 0.15) is 65.5 Å². The molecule has 4 heterocycles. The first-order valence-corrected chi connectivity index (χ1v) is 21.9. The number of nitrogens with one attached hydrogen (secondary N) is 2. The first-order valence-electron chi connectivity index (χ1n) is 21.0. The van der Waals surface area contributed by atoms with Gasteiger partial charge in [-0.2, -0.15) is 0 Å². The van der Waals surface area contributed by atoms with Gasteiger partial charge in [-0.3, -0.25) is 39.0 Å². The molecule has 0 saturated carbocycles. The second-order valence-electron chi connectivity index (χ2n) is 16.3. The molecule has 14 heteroatoms. The molecule has 4 amide bonds. The largest absolute Gasteiger partial charge is 0.492 e. The van der Waals surface area contributed by atoms with E-state index in [9.17, 15) is 28.8 Å². The third kappa shape index (κ3) is 8.15. The van der Waals surface area contributed by atoms with Crippen LogP contribution in [0, 0.1) is 25.7 Å². The number of thiazole rings is 1. The van der Waals surface area contributed by atoms with Crippen LogP contribution in [-0.2, 0) is 27.2 Å². The lowest BCUT2D eigenvalue weighted by molar-refractivity contribution is -0.137. The van der Waals surface area contributed by atoms with Gasteiger partial charge in [-0.15, -0.1) is 11.3 Å². The number of piperidine rings is 1. The van der Waals surface area contributed by atoms with Crippen molar-refractivity contribution in [2.45, 2.75) is 39.5 Å². The maximum atomic E-state index is 13.4. The molecule has 62 heavy (non-hydrogen) atoms. The average molecular weight is 851 g/mol. The lowest BCUT2D eigenvalue weighted by Crippen LogP contribution is -2.47. The summed E-state index contributed by atoms with van der Waals surface area (Å²) in [5.74, 6) is -3.01. The molecule has 0 radical (unpaired) electrons. The molecule has 9 rings (SSSR count). The molecule has 13 nitrogen and oxygen atoms in total. The summed E-state index contributed by atoms with van der Waals surface area (Å²) in [6.45, 7) is 8.78. The van der Waals surface area contributed by atoms with Gasteiger partial charge in [0.25, 0.3) is 5.91 Å². The number of hydrogen-bond donors (Lipinski definition) is 2. The van der Waals surface area contributed by atoms with Crippen molar-refractivity contribution in [2.75, 3.05) is 61.0 Å². The van der Waals surface area contributed by atoms with Gasteiger partial charge in [0.05, 0.1) is 24.0 Å². The lowest BCUT2D eigenvalue weighted by atomic mass is 9.82. The third-order valence-corrected chi connectivity index (χ3v) is 13.3. The molecule has 1 aliphatic carbocycles. The van der Waals surface area contributed by atoms with E-state index in [1.165, 1.54) is 11.3 Å². The van der Waals surface area contributed by atoms with Gasteiger partial charge < -0.3 is 19.9 Å². The summed E-state index contributed by atoms with van der Waals surface area (Å²) < 4.78 is 6.12. The van der Waals surface area contributed by atoms with Gasteiger partial charge in [0.15, 0.2) is 16.7 Å². The smallest absolute Gasteiger partial charge is 0.258 e. The van der Waals surface area contributed by atoms with E-state index < -0.39 is 17.7 Å². The Morgan fingerprint density at radius 1 is 0.855 bits per heavy atom. The maximum absolute atomic E-state index is 13.4. The molecule has 2 N–H and O–H groups in total. The second-order valence-corrected chi connectivity index (χ2v) is 17.5. The van der Waals surface area contributed by atoms with Crippen LogP contribution in [-0.4, -0.2) is 91.0 Å². The van der Waals surface area contributed by atoms with E-state index in [2.05, 4.69) is 26.5 Å². The zero-order valence-corrected chi connectivity index (χ0v) is 35.4. The summed E-state index contributed by atoms with van der Waals surface area (Å²) in [6, 6.07) is 26.6. The SMILES string of the molecule is Cc1ccccc1C(=O)N1CCc2cc(-c3nc(NC(=O)Cc4cccc(OCCN5CCN(c6ccc7c(c6)C(=O)C(C6CCC(=O)NC6=O)C7=O)CC5)c4)sc3C)ccc21. The van der Waals surface area contributed by atoms with Crippen LogP contribution in [0.15, 0.2) is 84.9 Å². The molecule has 3 aliphatic heterocycles. The van der Waals surface area contributed by atoms with Gasteiger partial charge >= 0.3 is 0 Å². The van der Waals surface area contributed by atoms with E-state index in [-0.39, 0.29) is 48.6 Å². The summed E-state index contributed by atoms with van der Waals surface area (Å²) in [4.78, 5) is 89.4. The molecule has 2 saturated heterocycles. The van der Waals surface area contributed by atoms with E-state index in [4.69, 9.17) is 9.72 Å².